The lowest BCUT2D eigenvalue weighted by molar-refractivity contribution is -0.0595. The van der Waals surface area contributed by atoms with Gasteiger partial charge in [-0.15, -0.1) is 0 Å². The van der Waals surface area contributed by atoms with Gasteiger partial charge < -0.3 is 29.7 Å². The minimum atomic E-state index is -0.551. The highest BCUT2D eigenvalue weighted by Crippen LogP contribution is 2.67. The highest BCUT2D eigenvalue weighted by Gasteiger charge is 2.59. The zero-order valence-corrected chi connectivity index (χ0v) is 42.1. The maximum atomic E-state index is 13.9. The van der Waals surface area contributed by atoms with Crippen molar-refractivity contribution in [3.05, 3.63) is 11.6 Å². The summed E-state index contributed by atoms with van der Waals surface area (Å²) in [6, 6.07) is 0. The maximum absolute atomic E-state index is 13.9. The van der Waals surface area contributed by atoms with E-state index in [0.717, 1.165) is 99.2 Å². The summed E-state index contributed by atoms with van der Waals surface area (Å²) in [5.74, 6) is 5.69. The maximum Gasteiger partial charge on any atom is 0.410 e. The van der Waals surface area contributed by atoms with E-state index in [4.69, 9.17) is 14.2 Å². The van der Waals surface area contributed by atoms with E-state index in [1.165, 1.54) is 64.2 Å². The van der Waals surface area contributed by atoms with Gasteiger partial charge >= 0.3 is 18.3 Å². The molecule has 3 saturated carbocycles. The van der Waals surface area contributed by atoms with E-state index in [9.17, 15) is 14.4 Å². The lowest BCUT2D eigenvalue weighted by Gasteiger charge is -2.58. The largest absolute Gasteiger partial charge is 0.446 e. The Balaban J connectivity index is 1.26. The van der Waals surface area contributed by atoms with Crippen molar-refractivity contribution < 1.29 is 28.6 Å². The van der Waals surface area contributed by atoms with Crippen molar-refractivity contribution >= 4 is 18.3 Å². The van der Waals surface area contributed by atoms with Crippen molar-refractivity contribution in [3.8, 4) is 0 Å². The van der Waals surface area contributed by atoms with Gasteiger partial charge in [0.25, 0.3) is 0 Å². The molecule has 0 spiro atoms. The van der Waals surface area contributed by atoms with Crippen LogP contribution in [-0.2, 0) is 14.2 Å². The molecule has 4 aliphatic carbocycles. The molecule has 4 rings (SSSR count). The van der Waals surface area contributed by atoms with Crippen LogP contribution in [0.1, 0.15) is 212 Å². The number of hydrogen-bond acceptors (Lipinski definition) is 6. The Kier molecular flexibility index (Phi) is 19.9. The Bertz CT molecular complexity index is 1430. The molecule has 0 aromatic heterocycles. The fourth-order valence-electron chi connectivity index (χ4n) is 12.7. The van der Waals surface area contributed by atoms with Crippen LogP contribution in [0.2, 0.25) is 0 Å². The van der Waals surface area contributed by atoms with Crippen LogP contribution in [0.4, 0.5) is 14.4 Å². The Morgan fingerprint density at radius 2 is 1.32 bits per heavy atom. The average molecular weight is 870 g/mol. The number of fused-ring (bicyclic) bond motifs is 5. The number of rotatable bonds is 22. The van der Waals surface area contributed by atoms with Gasteiger partial charge in [0, 0.05) is 32.6 Å². The minimum Gasteiger partial charge on any atom is -0.446 e. The van der Waals surface area contributed by atoms with Crippen molar-refractivity contribution in [2.75, 3.05) is 26.2 Å². The predicted molar refractivity (Wildman–Crippen MR) is 254 cm³/mol. The summed E-state index contributed by atoms with van der Waals surface area (Å²) in [6.07, 6.45) is 24.6. The van der Waals surface area contributed by atoms with Crippen LogP contribution in [0.3, 0.4) is 0 Å². The molecule has 358 valence electrons. The molecule has 9 heteroatoms. The fraction of sp³-hybridized carbons (Fsp3) is 0.906. The molecule has 0 aliphatic heterocycles. The van der Waals surface area contributed by atoms with Crippen LogP contribution in [0, 0.1) is 52.3 Å². The number of alkyl carbamates (subject to hydrolysis) is 2. The number of amides is 3. The quantitative estimate of drug-likeness (QED) is 0.0638. The first-order chi connectivity index (χ1) is 29.2. The number of allylic oxidation sites excluding steroid dienone is 1. The molecule has 0 radical (unpaired) electrons. The third-order valence-electron chi connectivity index (χ3n) is 16.1. The minimum absolute atomic E-state index is 0.0801. The summed E-state index contributed by atoms with van der Waals surface area (Å²) in [4.78, 5) is 39.9. The lowest BCUT2D eigenvalue weighted by Crippen LogP contribution is -2.51. The van der Waals surface area contributed by atoms with Gasteiger partial charge in [-0.1, -0.05) is 105 Å². The molecule has 9 nitrogen and oxygen atoms in total. The first-order valence-electron chi connectivity index (χ1n) is 25.8. The van der Waals surface area contributed by atoms with E-state index < -0.39 is 17.3 Å². The van der Waals surface area contributed by atoms with E-state index >= 15 is 0 Å². The second-order valence-electron chi connectivity index (χ2n) is 23.2. The van der Waals surface area contributed by atoms with Crippen molar-refractivity contribution in [2.45, 2.75) is 229 Å². The van der Waals surface area contributed by atoms with Gasteiger partial charge in [-0.2, -0.15) is 0 Å². The summed E-state index contributed by atoms with van der Waals surface area (Å²) in [6.45, 7) is 28.5. The Labute approximate surface area is 380 Å². The van der Waals surface area contributed by atoms with Gasteiger partial charge in [0.05, 0.1) is 0 Å². The highest BCUT2D eigenvalue weighted by molar-refractivity contribution is 5.68. The van der Waals surface area contributed by atoms with Crippen LogP contribution < -0.4 is 10.6 Å². The van der Waals surface area contributed by atoms with Gasteiger partial charge in [0.1, 0.15) is 17.3 Å². The van der Waals surface area contributed by atoms with E-state index in [0.29, 0.717) is 38.0 Å². The summed E-state index contributed by atoms with van der Waals surface area (Å²) >= 11 is 0. The molecule has 3 fully saturated rings. The predicted octanol–water partition coefficient (Wildman–Crippen LogP) is 14.0. The summed E-state index contributed by atoms with van der Waals surface area (Å²) < 4.78 is 17.1. The monoisotopic (exact) mass is 870 g/mol. The molecule has 0 aromatic rings. The van der Waals surface area contributed by atoms with Crippen molar-refractivity contribution in [2.24, 2.45) is 52.3 Å². The van der Waals surface area contributed by atoms with Crippen LogP contribution in [0.15, 0.2) is 11.6 Å². The summed E-state index contributed by atoms with van der Waals surface area (Å²) in [7, 11) is 0. The van der Waals surface area contributed by atoms with E-state index in [1.807, 2.05) is 46.4 Å². The number of nitrogens with zero attached hydrogens (tertiary/aromatic N) is 1. The third-order valence-corrected chi connectivity index (χ3v) is 16.1. The molecule has 0 aromatic carbocycles. The molecule has 9 atom stereocenters. The summed E-state index contributed by atoms with van der Waals surface area (Å²) in [5, 5.41) is 5.71. The molecule has 0 saturated heterocycles. The smallest absolute Gasteiger partial charge is 0.410 e. The topological polar surface area (TPSA) is 106 Å². The Morgan fingerprint density at radius 1 is 0.742 bits per heavy atom. The molecule has 0 heterocycles. The van der Waals surface area contributed by atoms with Crippen molar-refractivity contribution in [3.63, 3.8) is 0 Å². The van der Waals surface area contributed by atoms with Gasteiger partial charge in [0.15, 0.2) is 0 Å². The summed E-state index contributed by atoms with van der Waals surface area (Å²) in [5.41, 5.74) is 1.22. The van der Waals surface area contributed by atoms with Crippen molar-refractivity contribution in [1.29, 1.82) is 0 Å². The van der Waals surface area contributed by atoms with Crippen LogP contribution in [-0.4, -0.2) is 66.7 Å². The molecule has 2 N–H and O–H groups in total. The SMILES string of the molecule is CC[C@H](CC[C@@H](C)[C@H]1CC[C@H]2[C@@H]3CC=C4C[C@@H](OC(=O)N(CCCCCCCCCCNC(=O)OC(C)(C)C)CCCNC(=O)OC(C)(C)C)CC[C@]4(C)[C@H]3CC[C@]12C)C(C)C. The van der Waals surface area contributed by atoms with Crippen LogP contribution in [0.5, 0.6) is 0 Å². The average Bonchev–Trinajstić information content (AvgIpc) is 3.53. The number of hydrogen-bond donors (Lipinski definition) is 2. The molecule has 0 bridgehead atoms. The zero-order chi connectivity index (χ0) is 45.7. The Hall–Kier alpha value is -2.45. The number of carbonyl (C=O) groups excluding carboxylic acids is 3. The molecule has 4 aliphatic rings. The second-order valence-corrected chi connectivity index (χ2v) is 23.2. The van der Waals surface area contributed by atoms with E-state index in [-0.39, 0.29) is 23.7 Å². The second kappa shape index (κ2) is 23.7. The zero-order valence-electron chi connectivity index (χ0n) is 42.1. The van der Waals surface area contributed by atoms with Crippen LogP contribution >= 0.6 is 0 Å². The normalized spacial score (nSPS) is 28.1. The molecule has 3 amide bonds. The van der Waals surface area contributed by atoms with Gasteiger partial charge in [0.2, 0.25) is 0 Å². The molecule has 0 unspecified atom stereocenters. The fourth-order valence-corrected chi connectivity index (χ4v) is 12.7. The first kappa shape index (κ1) is 52.2. The Morgan fingerprint density at radius 3 is 1.92 bits per heavy atom. The molecular weight excluding hydrogens is 775 g/mol. The highest BCUT2D eigenvalue weighted by atomic mass is 16.6. The number of nitrogens with one attached hydrogen (secondary N) is 2. The van der Waals surface area contributed by atoms with Crippen LogP contribution in [0.25, 0.3) is 0 Å². The van der Waals surface area contributed by atoms with E-state index in [2.05, 4.69) is 58.3 Å². The van der Waals surface area contributed by atoms with Gasteiger partial charge in [-0.25, -0.2) is 14.4 Å². The number of unbranched alkanes of at least 4 members (excludes halogenated alkanes) is 7. The standard InChI is InChI=1S/C53H95N3O6/c1-13-40(38(2)3)24-23-39(4)44-27-28-45-43-26-25-41-37-42(29-31-52(41,11)46(43)30-32-53(44,45)12)60-49(59)56(36-22-34-55-48(58)62-51(8,9)10)35-21-19-17-15-14-16-18-20-33-54-47(57)61-50(5,6)7/h25,38-40,42-46H,13-24,26-37H2,1-12H3,(H,54,57)(H,55,58)/t39-,40-,42+,43+,44-,45+,46+,52+,53-/m1/s1. The first-order valence-corrected chi connectivity index (χ1v) is 25.8. The number of ether oxygens (including phenoxy) is 3. The third kappa shape index (κ3) is 15.3. The van der Waals surface area contributed by atoms with E-state index in [1.54, 1.807) is 5.57 Å². The number of carbonyl (C=O) groups is 3. The van der Waals surface area contributed by atoms with Gasteiger partial charge in [-0.05, 0) is 164 Å². The lowest BCUT2D eigenvalue weighted by atomic mass is 9.47. The van der Waals surface area contributed by atoms with Gasteiger partial charge in [-0.3, -0.25) is 0 Å². The van der Waals surface area contributed by atoms with Crippen molar-refractivity contribution in [1.82, 2.24) is 15.5 Å². The molecule has 62 heavy (non-hydrogen) atoms. The molecular formula is C53H95N3O6.